The van der Waals surface area contributed by atoms with Crippen LogP contribution in [0.2, 0.25) is 0 Å². The first-order chi connectivity index (χ1) is 7.38. The van der Waals surface area contributed by atoms with E-state index in [-0.39, 0.29) is 5.54 Å². The third kappa shape index (κ3) is 2.70. The maximum Gasteiger partial charge on any atom is 0.129 e. The summed E-state index contributed by atoms with van der Waals surface area (Å²) in [5.74, 6) is 0.900. The molecule has 0 amide bonds. The first-order valence-electron chi connectivity index (χ1n) is 5.38. The van der Waals surface area contributed by atoms with Crippen molar-refractivity contribution in [3.63, 3.8) is 0 Å². The number of pyridine rings is 1. The monoisotopic (exact) mass is 237 g/mol. The second-order valence-electron chi connectivity index (χ2n) is 4.49. The summed E-state index contributed by atoms with van der Waals surface area (Å²) in [6.45, 7) is 6.53. The molecule has 0 aliphatic heterocycles. The average Bonchev–Trinajstić information content (AvgIpc) is 2.28. The summed E-state index contributed by atoms with van der Waals surface area (Å²) in [6, 6.07) is 3.76. The maximum absolute atomic E-state index is 5.61. The van der Waals surface area contributed by atoms with Crippen LogP contribution in [0.4, 0.5) is 5.82 Å². The molecule has 1 rings (SSSR count). The molecular weight excluding hydrogens is 218 g/mol. The third-order valence-electron chi connectivity index (χ3n) is 3.15. The van der Waals surface area contributed by atoms with Crippen LogP contribution in [0, 0.1) is 0 Å². The highest BCUT2D eigenvalue weighted by Crippen LogP contribution is 2.23. The predicted octanol–water partition coefficient (Wildman–Crippen LogP) is 2.34. The molecule has 0 spiro atoms. The largest absolute Gasteiger partial charge is 0.389 e. The van der Waals surface area contributed by atoms with Crippen molar-refractivity contribution in [3.05, 3.63) is 23.9 Å². The minimum atomic E-state index is 0.0713. The summed E-state index contributed by atoms with van der Waals surface area (Å²) in [4.78, 5) is 6.90. The normalized spacial score (nSPS) is 11.2. The van der Waals surface area contributed by atoms with E-state index in [0.717, 1.165) is 17.8 Å². The van der Waals surface area contributed by atoms with Gasteiger partial charge < -0.3 is 10.6 Å². The molecule has 0 aliphatic rings. The van der Waals surface area contributed by atoms with Gasteiger partial charge in [-0.15, -0.1) is 0 Å². The van der Waals surface area contributed by atoms with Gasteiger partial charge in [-0.3, -0.25) is 0 Å². The van der Waals surface area contributed by atoms with Crippen LogP contribution in [-0.2, 0) is 0 Å². The Morgan fingerprint density at radius 3 is 2.69 bits per heavy atom. The number of anilines is 1. The lowest BCUT2D eigenvalue weighted by atomic mass is 10.00. The first-order valence-corrected chi connectivity index (χ1v) is 5.79. The molecule has 0 saturated carbocycles. The van der Waals surface area contributed by atoms with Gasteiger partial charge >= 0.3 is 0 Å². The fraction of sp³-hybridized carbons (Fsp3) is 0.500. The van der Waals surface area contributed by atoms with Crippen LogP contribution in [0.5, 0.6) is 0 Å². The molecule has 1 aromatic rings. The molecule has 0 aromatic carbocycles. The van der Waals surface area contributed by atoms with Crippen LogP contribution < -0.4 is 10.6 Å². The Kier molecular flexibility index (Phi) is 3.86. The number of hydrogen-bond donors (Lipinski definition) is 1. The fourth-order valence-corrected chi connectivity index (χ4v) is 1.43. The second-order valence-corrected chi connectivity index (χ2v) is 4.93. The van der Waals surface area contributed by atoms with Crippen molar-refractivity contribution in [1.82, 2.24) is 4.98 Å². The zero-order valence-electron chi connectivity index (χ0n) is 10.3. The minimum Gasteiger partial charge on any atom is -0.389 e. The summed E-state index contributed by atoms with van der Waals surface area (Å²) in [7, 11) is 2.04. The van der Waals surface area contributed by atoms with Crippen molar-refractivity contribution in [2.75, 3.05) is 11.9 Å². The van der Waals surface area contributed by atoms with Crippen LogP contribution in [0.25, 0.3) is 0 Å². The molecule has 1 heterocycles. The molecule has 0 saturated heterocycles. The van der Waals surface area contributed by atoms with Crippen LogP contribution in [0.15, 0.2) is 18.3 Å². The summed E-state index contributed by atoms with van der Waals surface area (Å²) < 4.78 is 0. The van der Waals surface area contributed by atoms with E-state index in [0.29, 0.717) is 4.99 Å². The predicted molar refractivity (Wildman–Crippen MR) is 72.9 cm³/mol. The van der Waals surface area contributed by atoms with Crippen LogP contribution in [0.1, 0.15) is 32.8 Å². The molecular formula is C12H19N3S. The minimum absolute atomic E-state index is 0.0713. The van der Waals surface area contributed by atoms with Gasteiger partial charge in [0.05, 0.1) is 0 Å². The van der Waals surface area contributed by atoms with Crippen LogP contribution in [-0.4, -0.2) is 22.6 Å². The van der Waals surface area contributed by atoms with Crippen molar-refractivity contribution < 1.29 is 0 Å². The van der Waals surface area contributed by atoms with E-state index >= 15 is 0 Å². The van der Waals surface area contributed by atoms with Gasteiger partial charge in [0.25, 0.3) is 0 Å². The molecule has 0 unspecified atom stereocenters. The molecule has 0 bridgehead atoms. The zero-order valence-corrected chi connectivity index (χ0v) is 11.1. The molecule has 0 atom stereocenters. The smallest absolute Gasteiger partial charge is 0.129 e. The second kappa shape index (κ2) is 4.78. The van der Waals surface area contributed by atoms with Gasteiger partial charge in [-0.1, -0.05) is 19.1 Å². The lowest BCUT2D eigenvalue weighted by Crippen LogP contribution is -2.41. The van der Waals surface area contributed by atoms with Crippen LogP contribution >= 0.6 is 12.2 Å². The molecule has 0 radical (unpaired) electrons. The van der Waals surface area contributed by atoms with Gasteiger partial charge in [-0.05, 0) is 32.4 Å². The molecule has 88 valence electrons. The number of aromatic nitrogens is 1. The summed E-state index contributed by atoms with van der Waals surface area (Å²) >= 11 is 4.96. The molecule has 2 N–H and O–H groups in total. The lowest BCUT2D eigenvalue weighted by Gasteiger charge is -2.35. The average molecular weight is 237 g/mol. The number of rotatable bonds is 4. The Morgan fingerprint density at radius 2 is 2.19 bits per heavy atom. The topological polar surface area (TPSA) is 42.1 Å². The van der Waals surface area contributed by atoms with Crippen molar-refractivity contribution in [1.29, 1.82) is 0 Å². The molecule has 0 aliphatic carbocycles. The molecule has 4 heteroatoms. The maximum atomic E-state index is 5.61. The number of thiocarbonyl (C=S) groups is 1. The Morgan fingerprint density at radius 1 is 1.56 bits per heavy atom. The summed E-state index contributed by atoms with van der Waals surface area (Å²) in [5.41, 5.74) is 6.54. The summed E-state index contributed by atoms with van der Waals surface area (Å²) in [6.07, 6.45) is 2.79. The lowest BCUT2D eigenvalue weighted by molar-refractivity contribution is 0.467. The number of nitrogens with zero attached hydrogens (tertiary/aromatic N) is 2. The molecule has 1 aromatic heterocycles. The van der Waals surface area contributed by atoms with Gasteiger partial charge in [0.15, 0.2) is 0 Å². The first kappa shape index (κ1) is 12.9. The van der Waals surface area contributed by atoms with Crippen molar-refractivity contribution >= 4 is 23.0 Å². The number of nitrogens with two attached hydrogens (primary N) is 1. The SMILES string of the molecule is CCC(C)(C)N(C)c1cc(C(N)=S)ccn1. The quantitative estimate of drug-likeness (QED) is 0.816. The highest BCUT2D eigenvalue weighted by Gasteiger charge is 2.22. The number of hydrogen-bond acceptors (Lipinski definition) is 3. The van der Waals surface area contributed by atoms with E-state index < -0.39 is 0 Å². The van der Waals surface area contributed by atoms with Gasteiger partial charge in [0.1, 0.15) is 10.8 Å². The van der Waals surface area contributed by atoms with E-state index in [1.165, 1.54) is 0 Å². The fourth-order valence-electron chi connectivity index (χ4n) is 1.30. The van der Waals surface area contributed by atoms with Crippen LogP contribution in [0.3, 0.4) is 0 Å². The highest BCUT2D eigenvalue weighted by molar-refractivity contribution is 7.80. The third-order valence-corrected chi connectivity index (χ3v) is 3.38. The molecule has 16 heavy (non-hydrogen) atoms. The van der Waals surface area contributed by atoms with Crippen molar-refractivity contribution in [3.8, 4) is 0 Å². The van der Waals surface area contributed by atoms with E-state index in [4.69, 9.17) is 18.0 Å². The van der Waals surface area contributed by atoms with Crippen molar-refractivity contribution in [2.24, 2.45) is 5.73 Å². The Bertz CT molecular complexity index is 388. The van der Waals surface area contributed by atoms with E-state index in [2.05, 4.69) is 30.7 Å². The zero-order chi connectivity index (χ0) is 12.3. The Hall–Kier alpha value is -1.16. The molecule has 0 fully saturated rings. The Labute approximate surface area is 103 Å². The van der Waals surface area contributed by atoms with Crippen molar-refractivity contribution in [2.45, 2.75) is 32.7 Å². The van der Waals surface area contributed by atoms with Gasteiger partial charge in [-0.2, -0.15) is 0 Å². The van der Waals surface area contributed by atoms with E-state index in [9.17, 15) is 0 Å². The van der Waals surface area contributed by atoms with E-state index in [1.54, 1.807) is 6.20 Å². The van der Waals surface area contributed by atoms with Gasteiger partial charge in [-0.25, -0.2) is 4.98 Å². The van der Waals surface area contributed by atoms with Gasteiger partial charge in [0, 0.05) is 24.3 Å². The molecule has 3 nitrogen and oxygen atoms in total. The Balaban J connectivity index is 3.05. The van der Waals surface area contributed by atoms with E-state index in [1.807, 2.05) is 19.2 Å². The van der Waals surface area contributed by atoms with Gasteiger partial charge in [0.2, 0.25) is 0 Å². The highest BCUT2D eigenvalue weighted by atomic mass is 32.1. The summed E-state index contributed by atoms with van der Waals surface area (Å²) in [5, 5.41) is 0. The standard InChI is InChI=1S/C12H19N3S/c1-5-12(2,3)15(4)10-8-9(11(13)16)6-7-14-10/h6-8H,5H2,1-4H3,(H2,13,16).